The van der Waals surface area contributed by atoms with Crippen molar-refractivity contribution in [2.24, 2.45) is 5.73 Å². The van der Waals surface area contributed by atoms with E-state index in [0.29, 0.717) is 18.0 Å². The van der Waals surface area contributed by atoms with Crippen LogP contribution in [0.25, 0.3) is 0 Å². The van der Waals surface area contributed by atoms with E-state index in [1.54, 1.807) is 24.3 Å². The monoisotopic (exact) mass is 305 g/mol. The Morgan fingerprint density at radius 2 is 2.05 bits per heavy atom. The molecule has 7 heteroatoms. The maximum absolute atomic E-state index is 12.2. The van der Waals surface area contributed by atoms with Gasteiger partial charge in [0, 0.05) is 0 Å². The summed E-state index contributed by atoms with van der Waals surface area (Å²) in [4.78, 5) is 36.1. The number of rotatable bonds is 7. The van der Waals surface area contributed by atoms with Gasteiger partial charge in [-0.3, -0.25) is 19.7 Å². The summed E-state index contributed by atoms with van der Waals surface area (Å²) in [7, 11) is 0. The number of amides is 3. The topological polar surface area (TPSA) is 102 Å². The zero-order chi connectivity index (χ0) is 16.1. The second-order valence-electron chi connectivity index (χ2n) is 5.01. The molecule has 0 aromatic heterocycles. The normalized spacial score (nSPS) is 17.9. The molecule has 0 saturated carbocycles. The minimum absolute atomic E-state index is 0.0141. The Morgan fingerprint density at radius 1 is 1.36 bits per heavy atom. The smallest absolute Gasteiger partial charge is 0.251 e. The highest BCUT2D eigenvalue weighted by molar-refractivity contribution is 6.22. The van der Waals surface area contributed by atoms with E-state index in [1.807, 2.05) is 6.92 Å². The van der Waals surface area contributed by atoms with Crippen molar-refractivity contribution >= 4 is 23.4 Å². The Labute approximate surface area is 128 Å². The first kappa shape index (κ1) is 16.0. The largest absolute Gasteiger partial charge is 0.494 e. The molecule has 1 aliphatic rings. The zero-order valence-electron chi connectivity index (χ0n) is 12.4. The van der Waals surface area contributed by atoms with Crippen molar-refractivity contribution in [2.75, 3.05) is 18.1 Å². The van der Waals surface area contributed by atoms with E-state index >= 15 is 0 Å². The summed E-state index contributed by atoms with van der Waals surface area (Å²) in [5.41, 5.74) is 5.52. The van der Waals surface area contributed by atoms with E-state index in [1.165, 1.54) is 0 Å². The van der Waals surface area contributed by atoms with Gasteiger partial charge < -0.3 is 10.5 Å². The van der Waals surface area contributed by atoms with E-state index in [4.69, 9.17) is 10.5 Å². The number of carbonyl (C=O) groups is 3. The van der Waals surface area contributed by atoms with E-state index in [0.717, 1.165) is 11.3 Å². The minimum atomic E-state index is -0.712. The summed E-state index contributed by atoms with van der Waals surface area (Å²) < 4.78 is 5.46. The van der Waals surface area contributed by atoms with E-state index in [2.05, 4.69) is 5.32 Å². The predicted octanol–water partition coefficient (Wildman–Crippen LogP) is 0.182. The molecule has 3 N–H and O–H groups in total. The molecule has 0 spiro atoms. The number of imide groups is 1. The third-order valence-corrected chi connectivity index (χ3v) is 3.24. The highest BCUT2D eigenvalue weighted by Gasteiger charge is 2.39. The van der Waals surface area contributed by atoms with E-state index in [9.17, 15) is 14.4 Å². The average molecular weight is 305 g/mol. The standard InChI is InChI=1S/C15H19N3O4/c1-2-7-22-11-5-3-10(4-6-11)18-14(20)8-12(15(18)21)17-9-13(16)19/h3-6,12,17H,2,7-9H2,1H3,(H2,16,19)/t12-/m1/s1. The lowest BCUT2D eigenvalue weighted by molar-refractivity contribution is -0.121. The Balaban J connectivity index is 2.06. The molecule has 1 fully saturated rings. The summed E-state index contributed by atoms with van der Waals surface area (Å²) in [5, 5.41) is 2.69. The van der Waals surface area contributed by atoms with Crippen LogP contribution in [0, 0.1) is 0 Å². The zero-order valence-corrected chi connectivity index (χ0v) is 12.4. The Morgan fingerprint density at radius 3 is 2.64 bits per heavy atom. The molecule has 7 nitrogen and oxygen atoms in total. The number of hydrogen-bond donors (Lipinski definition) is 2. The molecule has 3 amide bonds. The molecule has 0 aliphatic carbocycles. The van der Waals surface area contributed by atoms with Crippen molar-refractivity contribution in [3.8, 4) is 5.75 Å². The van der Waals surface area contributed by atoms with E-state index in [-0.39, 0.29) is 24.8 Å². The van der Waals surface area contributed by atoms with Crippen LogP contribution in [0.15, 0.2) is 24.3 Å². The van der Waals surface area contributed by atoms with Gasteiger partial charge in [0.1, 0.15) is 5.75 Å². The van der Waals surface area contributed by atoms with Gasteiger partial charge in [-0.2, -0.15) is 0 Å². The Hall–Kier alpha value is -2.41. The van der Waals surface area contributed by atoms with Crippen LogP contribution in [-0.2, 0) is 14.4 Å². The van der Waals surface area contributed by atoms with Crippen LogP contribution in [0.4, 0.5) is 5.69 Å². The number of benzene rings is 1. The van der Waals surface area contributed by atoms with Gasteiger partial charge >= 0.3 is 0 Å². The fourth-order valence-electron chi connectivity index (χ4n) is 2.20. The molecular weight excluding hydrogens is 286 g/mol. The fraction of sp³-hybridized carbons (Fsp3) is 0.400. The molecule has 1 aromatic rings. The maximum atomic E-state index is 12.2. The van der Waals surface area contributed by atoms with Crippen LogP contribution in [0.2, 0.25) is 0 Å². The first-order valence-corrected chi connectivity index (χ1v) is 7.14. The Bertz CT molecular complexity index is 571. The first-order chi connectivity index (χ1) is 10.5. The van der Waals surface area contributed by atoms with Crippen molar-refractivity contribution in [1.29, 1.82) is 0 Å². The van der Waals surface area contributed by atoms with Gasteiger partial charge in [-0.1, -0.05) is 6.92 Å². The van der Waals surface area contributed by atoms with Crippen molar-refractivity contribution in [3.63, 3.8) is 0 Å². The van der Waals surface area contributed by atoms with Crippen LogP contribution < -0.4 is 20.7 Å². The number of nitrogens with two attached hydrogens (primary N) is 1. The molecule has 0 unspecified atom stereocenters. The Kier molecular flexibility index (Phi) is 5.11. The van der Waals surface area contributed by atoms with E-state index < -0.39 is 11.9 Å². The number of carbonyl (C=O) groups excluding carboxylic acids is 3. The number of nitrogens with one attached hydrogen (secondary N) is 1. The van der Waals surface area contributed by atoms with Gasteiger partial charge in [0.25, 0.3) is 5.91 Å². The third-order valence-electron chi connectivity index (χ3n) is 3.24. The average Bonchev–Trinajstić information content (AvgIpc) is 2.78. The second kappa shape index (κ2) is 7.04. The van der Waals surface area contributed by atoms with Crippen LogP contribution in [-0.4, -0.2) is 36.9 Å². The molecule has 1 saturated heterocycles. The lowest BCUT2D eigenvalue weighted by Gasteiger charge is -2.16. The fourth-order valence-corrected chi connectivity index (χ4v) is 2.20. The van der Waals surface area contributed by atoms with Crippen molar-refractivity contribution in [1.82, 2.24) is 5.32 Å². The molecule has 0 bridgehead atoms. The van der Waals surface area contributed by atoms with Gasteiger partial charge in [-0.05, 0) is 30.7 Å². The third kappa shape index (κ3) is 3.62. The SMILES string of the molecule is CCCOc1ccc(N2C(=O)C[C@@H](NCC(N)=O)C2=O)cc1. The number of nitrogens with zero attached hydrogens (tertiary/aromatic N) is 1. The number of primary amides is 1. The lowest BCUT2D eigenvalue weighted by Crippen LogP contribution is -2.42. The number of hydrogen-bond acceptors (Lipinski definition) is 5. The molecule has 22 heavy (non-hydrogen) atoms. The summed E-state index contributed by atoms with van der Waals surface area (Å²) in [6.07, 6.45) is 0.915. The number of ether oxygens (including phenoxy) is 1. The van der Waals surface area contributed by atoms with Gasteiger partial charge in [0.2, 0.25) is 11.8 Å². The maximum Gasteiger partial charge on any atom is 0.251 e. The summed E-state index contributed by atoms with van der Waals surface area (Å²) in [6, 6.07) is 6.05. The van der Waals surface area contributed by atoms with Crippen LogP contribution in [0.1, 0.15) is 19.8 Å². The molecule has 118 valence electrons. The van der Waals surface area contributed by atoms with Crippen LogP contribution in [0.5, 0.6) is 5.75 Å². The lowest BCUT2D eigenvalue weighted by atomic mass is 10.2. The molecule has 1 heterocycles. The molecule has 1 aliphatic heterocycles. The van der Waals surface area contributed by atoms with Crippen LogP contribution in [0.3, 0.4) is 0 Å². The molecular formula is C15H19N3O4. The van der Waals surface area contributed by atoms with Gasteiger partial charge in [-0.25, -0.2) is 4.90 Å². The molecule has 1 atom stereocenters. The molecule has 1 aromatic carbocycles. The number of anilines is 1. The van der Waals surface area contributed by atoms with Gasteiger partial charge in [-0.15, -0.1) is 0 Å². The van der Waals surface area contributed by atoms with Crippen molar-refractivity contribution in [2.45, 2.75) is 25.8 Å². The minimum Gasteiger partial charge on any atom is -0.494 e. The predicted molar refractivity (Wildman–Crippen MR) is 80.3 cm³/mol. The van der Waals surface area contributed by atoms with Crippen molar-refractivity contribution < 1.29 is 19.1 Å². The highest BCUT2D eigenvalue weighted by atomic mass is 16.5. The quantitative estimate of drug-likeness (QED) is 0.700. The van der Waals surface area contributed by atoms with Gasteiger partial charge in [0.15, 0.2) is 0 Å². The first-order valence-electron chi connectivity index (χ1n) is 7.14. The van der Waals surface area contributed by atoms with Crippen LogP contribution >= 0.6 is 0 Å². The van der Waals surface area contributed by atoms with Crippen molar-refractivity contribution in [3.05, 3.63) is 24.3 Å². The second-order valence-corrected chi connectivity index (χ2v) is 5.01. The highest BCUT2D eigenvalue weighted by Crippen LogP contribution is 2.25. The molecule has 2 rings (SSSR count). The summed E-state index contributed by atoms with van der Waals surface area (Å²) >= 11 is 0. The summed E-state index contributed by atoms with van der Waals surface area (Å²) in [5.74, 6) is -0.577. The molecule has 0 radical (unpaired) electrons. The van der Waals surface area contributed by atoms with Gasteiger partial charge in [0.05, 0.1) is 31.3 Å². The summed E-state index contributed by atoms with van der Waals surface area (Å²) in [6.45, 7) is 2.48.